The summed E-state index contributed by atoms with van der Waals surface area (Å²) in [6.07, 6.45) is 0.794. The molecule has 136 valence electrons. The predicted molar refractivity (Wildman–Crippen MR) is 108 cm³/mol. The molecule has 0 heterocycles. The third-order valence-corrected chi connectivity index (χ3v) is 7.43. The van der Waals surface area contributed by atoms with Gasteiger partial charge < -0.3 is 9.79 Å². The van der Waals surface area contributed by atoms with Crippen molar-refractivity contribution in [2.24, 2.45) is 0 Å². The second kappa shape index (κ2) is 7.00. The monoisotopic (exact) mass is 368 g/mol. The van der Waals surface area contributed by atoms with Crippen LogP contribution in [-0.2, 0) is 9.72 Å². The molecule has 2 N–H and O–H groups in total. The van der Waals surface area contributed by atoms with Crippen molar-refractivity contribution in [3.05, 3.63) is 71.8 Å². The summed E-state index contributed by atoms with van der Waals surface area (Å²) >= 11 is 0. The largest absolute Gasteiger partial charge is 0.335 e. The van der Waals surface area contributed by atoms with Crippen LogP contribution in [0.3, 0.4) is 0 Å². The molecule has 0 aliphatic heterocycles. The van der Waals surface area contributed by atoms with Gasteiger partial charge in [0.05, 0.1) is 5.16 Å². The quantitative estimate of drug-likeness (QED) is 0.542. The van der Waals surface area contributed by atoms with Crippen LogP contribution in [0.25, 0.3) is 21.9 Å². The van der Waals surface area contributed by atoms with Gasteiger partial charge in [0.15, 0.2) is 0 Å². The highest BCUT2D eigenvalue weighted by Crippen LogP contribution is 2.61. The van der Waals surface area contributed by atoms with Gasteiger partial charge in [-0.1, -0.05) is 67.9 Å². The maximum Gasteiger partial charge on any atom is 0.335 e. The van der Waals surface area contributed by atoms with E-state index in [0.717, 1.165) is 27.6 Å². The Balaban J connectivity index is 2.19. The van der Waals surface area contributed by atoms with Crippen LogP contribution in [0.5, 0.6) is 0 Å². The lowest BCUT2D eigenvalue weighted by Gasteiger charge is -2.33. The molecule has 0 amide bonds. The standard InChI is InChI=1S/C22H25O3P/c1-4-22(5-2,26(23,24)25)21-13-16(3)12-20(15-21)19-11-10-17-8-6-7-9-18(17)14-19/h6-15H,4-5H2,1-3H3,(H2,23,24,25). The Morgan fingerprint density at radius 3 is 2.12 bits per heavy atom. The fourth-order valence-corrected chi connectivity index (χ4v) is 5.12. The van der Waals surface area contributed by atoms with E-state index < -0.39 is 12.8 Å². The molecular formula is C22H25O3P. The Morgan fingerprint density at radius 2 is 1.50 bits per heavy atom. The molecule has 0 saturated heterocycles. The van der Waals surface area contributed by atoms with E-state index in [1.165, 1.54) is 5.39 Å². The second-order valence-corrected chi connectivity index (χ2v) is 8.88. The molecule has 3 aromatic rings. The summed E-state index contributed by atoms with van der Waals surface area (Å²) in [5.74, 6) is 0. The molecule has 3 nitrogen and oxygen atoms in total. The Hall–Kier alpha value is -1.93. The first-order chi connectivity index (χ1) is 12.3. The highest BCUT2D eigenvalue weighted by molar-refractivity contribution is 7.53. The van der Waals surface area contributed by atoms with Crippen molar-refractivity contribution >= 4 is 18.4 Å². The van der Waals surface area contributed by atoms with E-state index in [4.69, 9.17) is 0 Å². The summed E-state index contributed by atoms with van der Waals surface area (Å²) in [7, 11) is -4.30. The zero-order valence-corrected chi connectivity index (χ0v) is 16.3. The van der Waals surface area contributed by atoms with E-state index in [9.17, 15) is 14.4 Å². The smallest absolute Gasteiger partial charge is 0.324 e. The lowest BCUT2D eigenvalue weighted by molar-refractivity contribution is 0.315. The number of benzene rings is 3. The lowest BCUT2D eigenvalue weighted by Crippen LogP contribution is -2.24. The van der Waals surface area contributed by atoms with E-state index in [0.29, 0.717) is 12.8 Å². The average molecular weight is 368 g/mol. The number of hydrogen-bond acceptors (Lipinski definition) is 1. The summed E-state index contributed by atoms with van der Waals surface area (Å²) in [6.45, 7) is 5.67. The predicted octanol–water partition coefficient (Wildman–Crippen LogP) is 6.01. The van der Waals surface area contributed by atoms with Crippen molar-refractivity contribution in [3.8, 4) is 11.1 Å². The molecule has 3 aromatic carbocycles. The minimum Gasteiger partial charge on any atom is -0.324 e. The highest BCUT2D eigenvalue weighted by atomic mass is 31.2. The lowest BCUT2D eigenvalue weighted by atomic mass is 9.88. The van der Waals surface area contributed by atoms with Crippen molar-refractivity contribution in [2.75, 3.05) is 0 Å². The molecule has 0 fully saturated rings. The van der Waals surface area contributed by atoms with Crippen molar-refractivity contribution < 1.29 is 14.4 Å². The van der Waals surface area contributed by atoms with Crippen molar-refractivity contribution in [2.45, 2.75) is 38.8 Å². The van der Waals surface area contributed by atoms with Gasteiger partial charge >= 0.3 is 7.60 Å². The molecule has 0 aliphatic carbocycles. The van der Waals surface area contributed by atoms with Gasteiger partial charge in [0.25, 0.3) is 0 Å². The first-order valence-electron chi connectivity index (χ1n) is 8.97. The summed E-state index contributed by atoms with van der Waals surface area (Å²) in [6, 6.07) is 20.4. The number of fused-ring (bicyclic) bond motifs is 1. The maximum atomic E-state index is 12.3. The Kier molecular flexibility index (Phi) is 5.07. The Morgan fingerprint density at radius 1 is 0.846 bits per heavy atom. The van der Waals surface area contributed by atoms with Gasteiger partial charge in [-0.25, -0.2) is 0 Å². The first kappa shape index (κ1) is 18.8. The van der Waals surface area contributed by atoms with E-state index >= 15 is 0 Å². The SMILES string of the molecule is CCC(CC)(c1cc(C)cc(-c2ccc3ccccc3c2)c1)P(=O)(O)O. The molecule has 26 heavy (non-hydrogen) atoms. The van der Waals surface area contributed by atoms with E-state index in [1.54, 1.807) is 0 Å². The molecular weight excluding hydrogens is 343 g/mol. The van der Waals surface area contributed by atoms with Crippen LogP contribution in [-0.4, -0.2) is 9.79 Å². The summed E-state index contributed by atoms with van der Waals surface area (Å²) < 4.78 is 12.3. The summed E-state index contributed by atoms with van der Waals surface area (Å²) in [5.41, 5.74) is 3.77. The fourth-order valence-electron chi connectivity index (χ4n) is 3.83. The average Bonchev–Trinajstić information content (AvgIpc) is 2.61. The van der Waals surface area contributed by atoms with E-state index in [-0.39, 0.29) is 0 Å². The molecule has 0 saturated carbocycles. The van der Waals surface area contributed by atoms with E-state index in [1.807, 2.05) is 45.0 Å². The fraction of sp³-hybridized carbons (Fsp3) is 0.273. The maximum absolute atomic E-state index is 12.3. The van der Waals surface area contributed by atoms with Crippen molar-refractivity contribution in [3.63, 3.8) is 0 Å². The molecule has 4 heteroatoms. The molecule has 0 unspecified atom stereocenters. The normalized spacial score (nSPS) is 12.5. The molecule has 0 atom stereocenters. The highest BCUT2D eigenvalue weighted by Gasteiger charge is 2.45. The van der Waals surface area contributed by atoms with Gasteiger partial charge in [-0.2, -0.15) is 0 Å². The van der Waals surface area contributed by atoms with Gasteiger partial charge in [-0.3, -0.25) is 4.57 Å². The Bertz CT molecular complexity index is 984. The molecule has 3 rings (SSSR count). The van der Waals surface area contributed by atoms with Gasteiger partial charge in [0, 0.05) is 0 Å². The van der Waals surface area contributed by atoms with Crippen molar-refractivity contribution in [1.82, 2.24) is 0 Å². The zero-order valence-electron chi connectivity index (χ0n) is 15.4. The second-order valence-electron chi connectivity index (χ2n) is 6.93. The van der Waals surface area contributed by atoms with Crippen LogP contribution in [0.4, 0.5) is 0 Å². The van der Waals surface area contributed by atoms with Gasteiger partial charge in [0.2, 0.25) is 0 Å². The molecule has 0 bridgehead atoms. The third kappa shape index (κ3) is 3.23. The van der Waals surface area contributed by atoms with Gasteiger partial charge in [-0.15, -0.1) is 0 Å². The van der Waals surface area contributed by atoms with Crippen LogP contribution in [0.2, 0.25) is 0 Å². The van der Waals surface area contributed by atoms with Crippen LogP contribution in [0.1, 0.15) is 37.8 Å². The van der Waals surface area contributed by atoms with Crippen LogP contribution in [0, 0.1) is 6.92 Å². The van der Waals surface area contributed by atoms with Gasteiger partial charge in [-0.05, 0) is 59.4 Å². The minimum atomic E-state index is -4.30. The topological polar surface area (TPSA) is 57.5 Å². The minimum absolute atomic E-state index is 0.397. The van der Waals surface area contributed by atoms with Crippen LogP contribution < -0.4 is 0 Å². The number of hydrogen-bond donors (Lipinski definition) is 2. The third-order valence-electron chi connectivity index (χ3n) is 5.42. The van der Waals surface area contributed by atoms with Gasteiger partial charge in [0.1, 0.15) is 0 Å². The number of rotatable bonds is 5. The summed E-state index contributed by atoms with van der Waals surface area (Å²) in [4.78, 5) is 20.2. The summed E-state index contributed by atoms with van der Waals surface area (Å²) in [5, 5.41) is 1.20. The Labute approximate surface area is 154 Å². The number of aryl methyl sites for hydroxylation is 1. The van der Waals surface area contributed by atoms with Crippen LogP contribution in [0.15, 0.2) is 60.7 Å². The molecule has 0 spiro atoms. The van der Waals surface area contributed by atoms with Crippen molar-refractivity contribution in [1.29, 1.82) is 0 Å². The molecule has 0 aromatic heterocycles. The van der Waals surface area contributed by atoms with E-state index in [2.05, 4.69) is 36.4 Å². The molecule has 0 aliphatic rings. The molecule has 0 radical (unpaired) electrons. The van der Waals surface area contributed by atoms with Crippen LogP contribution >= 0.6 is 7.60 Å². The first-order valence-corrected chi connectivity index (χ1v) is 10.6. The zero-order chi connectivity index (χ0) is 18.9.